The Balaban J connectivity index is 1.65. The van der Waals surface area contributed by atoms with Crippen LogP contribution in [-0.4, -0.2) is 31.1 Å². The molecule has 170 valence electrons. The highest BCUT2D eigenvalue weighted by Crippen LogP contribution is 2.28. The SMILES string of the molecule is O=C(CN(C(=O)c1ccccc1)S(=O)(=O)c1ccccc1)Nc1ccccc1-c1ccccc1. The molecule has 0 aromatic heterocycles. The van der Waals surface area contributed by atoms with E-state index in [0.717, 1.165) is 11.1 Å². The standard InChI is InChI=1S/C27H22N2O4S/c30-26(28-25-19-11-10-18-24(25)21-12-4-1-5-13-21)20-29(27(31)22-14-6-2-7-15-22)34(32,33)23-16-8-3-9-17-23/h1-19H,20H2,(H,28,30). The molecule has 6 nitrogen and oxygen atoms in total. The predicted octanol–water partition coefficient (Wildman–Crippen LogP) is 4.82. The lowest BCUT2D eigenvalue weighted by Gasteiger charge is -2.22. The zero-order chi connectivity index (χ0) is 24.0. The van der Waals surface area contributed by atoms with Crippen LogP contribution in [0.1, 0.15) is 10.4 Å². The fourth-order valence-corrected chi connectivity index (χ4v) is 4.86. The van der Waals surface area contributed by atoms with Crippen molar-refractivity contribution in [2.75, 3.05) is 11.9 Å². The Morgan fingerprint density at radius 2 is 1.21 bits per heavy atom. The van der Waals surface area contributed by atoms with Gasteiger partial charge in [-0.15, -0.1) is 0 Å². The van der Waals surface area contributed by atoms with Gasteiger partial charge < -0.3 is 5.32 Å². The second-order valence-electron chi connectivity index (χ2n) is 7.46. The summed E-state index contributed by atoms with van der Waals surface area (Å²) in [7, 11) is -4.28. The van der Waals surface area contributed by atoms with E-state index in [2.05, 4.69) is 5.32 Å². The molecule has 0 radical (unpaired) electrons. The van der Waals surface area contributed by atoms with Gasteiger partial charge in [-0.2, -0.15) is 0 Å². The third-order valence-corrected chi connectivity index (χ3v) is 6.89. The minimum Gasteiger partial charge on any atom is -0.324 e. The molecule has 0 saturated carbocycles. The predicted molar refractivity (Wildman–Crippen MR) is 132 cm³/mol. The van der Waals surface area contributed by atoms with Crippen LogP contribution in [0.15, 0.2) is 120 Å². The van der Waals surface area contributed by atoms with E-state index in [9.17, 15) is 18.0 Å². The van der Waals surface area contributed by atoms with Crippen molar-refractivity contribution in [2.24, 2.45) is 0 Å². The van der Waals surface area contributed by atoms with Crippen LogP contribution in [0.5, 0.6) is 0 Å². The van der Waals surface area contributed by atoms with Crippen LogP contribution >= 0.6 is 0 Å². The summed E-state index contributed by atoms with van der Waals surface area (Å²) < 4.78 is 27.3. The maximum Gasteiger partial charge on any atom is 0.268 e. The largest absolute Gasteiger partial charge is 0.324 e. The van der Waals surface area contributed by atoms with Crippen LogP contribution in [0.2, 0.25) is 0 Å². The fourth-order valence-electron chi connectivity index (χ4n) is 3.49. The number of hydrogen-bond acceptors (Lipinski definition) is 4. The van der Waals surface area contributed by atoms with E-state index in [4.69, 9.17) is 0 Å². The summed E-state index contributed by atoms with van der Waals surface area (Å²) in [5.74, 6) is -1.41. The van der Waals surface area contributed by atoms with Crippen LogP contribution in [0.3, 0.4) is 0 Å². The third kappa shape index (κ3) is 5.05. The minimum absolute atomic E-state index is 0.0724. The first-order valence-corrected chi connectivity index (χ1v) is 12.0. The van der Waals surface area contributed by atoms with Gasteiger partial charge in [0.05, 0.1) is 4.90 Å². The van der Waals surface area contributed by atoms with Gasteiger partial charge in [-0.1, -0.05) is 84.9 Å². The molecular formula is C27H22N2O4S. The van der Waals surface area contributed by atoms with E-state index in [-0.39, 0.29) is 10.5 Å². The monoisotopic (exact) mass is 470 g/mol. The van der Waals surface area contributed by atoms with Crippen LogP contribution in [0.25, 0.3) is 11.1 Å². The Morgan fingerprint density at radius 1 is 0.676 bits per heavy atom. The molecule has 0 unspecified atom stereocenters. The second-order valence-corrected chi connectivity index (χ2v) is 9.32. The molecule has 34 heavy (non-hydrogen) atoms. The van der Waals surface area contributed by atoms with E-state index in [0.29, 0.717) is 9.99 Å². The average Bonchev–Trinajstić information content (AvgIpc) is 2.88. The molecule has 0 aliphatic heterocycles. The lowest BCUT2D eigenvalue weighted by atomic mass is 10.0. The van der Waals surface area contributed by atoms with Gasteiger partial charge in [0.1, 0.15) is 6.54 Å². The quantitative estimate of drug-likeness (QED) is 0.420. The number of anilines is 1. The van der Waals surface area contributed by atoms with Crippen molar-refractivity contribution in [3.63, 3.8) is 0 Å². The van der Waals surface area contributed by atoms with E-state index >= 15 is 0 Å². The van der Waals surface area contributed by atoms with Gasteiger partial charge in [0, 0.05) is 16.8 Å². The first-order chi connectivity index (χ1) is 16.5. The van der Waals surface area contributed by atoms with Gasteiger partial charge in [-0.3, -0.25) is 9.59 Å². The summed E-state index contributed by atoms with van der Waals surface area (Å²) in [6, 6.07) is 32.3. The highest BCUT2D eigenvalue weighted by molar-refractivity contribution is 7.89. The third-order valence-electron chi connectivity index (χ3n) is 5.15. The smallest absolute Gasteiger partial charge is 0.268 e. The number of nitrogens with one attached hydrogen (secondary N) is 1. The maximum atomic E-state index is 13.3. The number of carbonyl (C=O) groups excluding carboxylic acids is 2. The van der Waals surface area contributed by atoms with E-state index in [1.54, 1.807) is 48.5 Å². The molecule has 0 saturated heterocycles. The zero-order valence-electron chi connectivity index (χ0n) is 18.2. The topological polar surface area (TPSA) is 83.6 Å². The average molecular weight is 471 g/mol. The van der Waals surface area contributed by atoms with Gasteiger partial charge in [-0.25, -0.2) is 12.7 Å². The Labute approximate surface area is 198 Å². The molecule has 4 aromatic rings. The minimum atomic E-state index is -4.28. The van der Waals surface area contributed by atoms with Crippen molar-refractivity contribution >= 4 is 27.5 Å². The number of hydrogen-bond donors (Lipinski definition) is 1. The Hall–Kier alpha value is -4.23. The molecule has 0 bridgehead atoms. The van der Waals surface area contributed by atoms with Gasteiger partial charge >= 0.3 is 0 Å². The molecule has 0 aliphatic carbocycles. The Morgan fingerprint density at radius 3 is 1.85 bits per heavy atom. The normalized spacial score (nSPS) is 10.9. The van der Waals surface area contributed by atoms with Gasteiger partial charge in [0.2, 0.25) is 5.91 Å². The number of benzene rings is 4. The molecule has 0 heterocycles. The highest BCUT2D eigenvalue weighted by Gasteiger charge is 2.32. The molecule has 0 spiro atoms. The first-order valence-electron chi connectivity index (χ1n) is 10.6. The zero-order valence-corrected chi connectivity index (χ0v) is 19.0. The second kappa shape index (κ2) is 10.1. The number of nitrogens with zero attached hydrogens (tertiary/aromatic N) is 1. The molecule has 2 amide bonds. The summed E-state index contributed by atoms with van der Waals surface area (Å²) >= 11 is 0. The van der Waals surface area contributed by atoms with Crippen LogP contribution in [0, 0.1) is 0 Å². The van der Waals surface area contributed by atoms with Crippen molar-refractivity contribution < 1.29 is 18.0 Å². The van der Waals surface area contributed by atoms with Crippen molar-refractivity contribution in [3.8, 4) is 11.1 Å². The van der Waals surface area contributed by atoms with Gasteiger partial charge in [0.15, 0.2) is 0 Å². The van der Waals surface area contributed by atoms with Crippen molar-refractivity contribution in [2.45, 2.75) is 4.90 Å². The lowest BCUT2D eigenvalue weighted by molar-refractivity contribution is -0.116. The number of para-hydroxylation sites is 1. The summed E-state index contributed by atoms with van der Waals surface area (Å²) in [5, 5.41) is 2.77. The summed E-state index contributed by atoms with van der Waals surface area (Å²) in [4.78, 5) is 26.2. The molecule has 4 aromatic carbocycles. The molecule has 7 heteroatoms. The highest BCUT2D eigenvalue weighted by atomic mass is 32.2. The molecule has 1 N–H and O–H groups in total. The van der Waals surface area contributed by atoms with E-state index in [1.807, 2.05) is 42.5 Å². The fraction of sp³-hybridized carbons (Fsp3) is 0.0370. The van der Waals surface area contributed by atoms with E-state index < -0.39 is 28.4 Å². The number of amides is 2. The Bertz CT molecular complexity index is 1390. The van der Waals surface area contributed by atoms with Gasteiger partial charge in [0.25, 0.3) is 15.9 Å². The van der Waals surface area contributed by atoms with Crippen LogP contribution in [0.4, 0.5) is 5.69 Å². The number of sulfonamides is 1. The van der Waals surface area contributed by atoms with E-state index in [1.165, 1.54) is 24.3 Å². The number of rotatable bonds is 7. The molecule has 0 atom stereocenters. The molecular weight excluding hydrogens is 448 g/mol. The van der Waals surface area contributed by atoms with Crippen LogP contribution < -0.4 is 5.32 Å². The molecule has 0 fully saturated rings. The molecule has 0 aliphatic rings. The van der Waals surface area contributed by atoms with Crippen molar-refractivity contribution in [3.05, 3.63) is 121 Å². The lowest BCUT2D eigenvalue weighted by Crippen LogP contribution is -2.42. The summed E-state index contributed by atoms with van der Waals surface area (Å²) in [6.45, 7) is -0.673. The number of carbonyl (C=O) groups is 2. The summed E-state index contributed by atoms with van der Waals surface area (Å²) in [6.07, 6.45) is 0. The first kappa shape index (κ1) is 22.9. The van der Waals surface area contributed by atoms with Gasteiger partial charge in [-0.05, 0) is 35.9 Å². The maximum absolute atomic E-state index is 13.3. The molecule has 4 rings (SSSR count). The van der Waals surface area contributed by atoms with Crippen molar-refractivity contribution in [1.82, 2.24) is 4.31 Å². The van der Waals surface area contributed by atoms with Crippen molar-refractivity contribution in [1.29, 1.82) is 0 Å². The Kier molecular flexibility index (Phi) is 6.85. The van der Waals surface area contributed by atoms with Crippen LogP contribution in [-0.2, 0) is 14.8 Å². The summed E-state index contributed by atoms with van der Waals surface area (Å²) in [5.41, 5.74) is 2.36.